The molecule has 51 heavy (non-hydrogen) atoms. The molecule has 1 aromatic heterocycles. The molecule has 11 heteroatoms. The van der Waals surface area contributed by atoms with Crippen LogP contribution in [0, 0.1) is 0 Å². The lowest BCUT2D eigenvalue weighted by atomic mass is 9.93. The van der Waals surface area contributed by atoms with Crippen LogP contribution in [-0.4, -0.2) is 106 Å². The quantitative estimate of drug-likeness (QED) is 0.107. The summed E-state index contributed by atoms with van der Waals surface area (Å²) in [5, 5.41) is 3.77. The predicted octanol–water partition coefficient (Wildman–Crippen LogP) is 6.71. The molecule has 1 unspecified atom stereocenters. The molecule has 1 fully saturated rings. The van der Waals surface area contributed by atoms with E-state index in [1.165, 1.54) is 5.56 Å². The second kappa shape index (κ2) is 18.7. The summed E-state index contributed by atoms with van der Waals surface area (Å²) < 4.78 is 30.1. The molecule has 3 aromatic carbocycles. The van der Waals surface area contributed by atoms with Gasteiger partial charge in [0.25, 0.3) is 5.91 Å². The number of imidazole rings is 1. The van der Waals surface area contributed by atoms with E-state index in [0.29, 0.717) is 48.6 Å². The Balaban J connectivity index is 1.24. The molecule has 0 radical (unpaired) electrons. The summed E-state index contributed by atoms with van der Waals surface area (Å²) in [6, 6.07) is 20.3. The molecule has 1 N–H and O–H groups in total. The van der Waals surface area contributed by atoms with E-state index in [1.807, 2.05) is 30.0 Å². The highest BCUT2D eigenvalue weighted by molar-refractivity contribution is 5.95. The van der Waals surface area contributed by atoms with Crippen molar-refractivity contribution in [3.63, 3.8) is 0 Å². The number of fused-ring (bicyclic) bond motifs is 1. The van der Waals surface area contributed by atoms with E-state index >= 15 is 0 Å². The number of carbonyl (C=O) groups excluding carboxylic acids is 1. The van der Waals surface area contributed by atoms with Crippen LogP contribution in [0.15, 0.2) is 60.7 Å². The van der Waals surface area contributed by atoms with E-state index in [9.17, 15) is 4.79 Å². The van der Waals surface area contributed by atoms with Crippen molar-refractivity contribution >= 4 is 22.9 Å². The number of hydrogen-bond acceptors (Lipinski definition) is 9. The van der Waals surface area contributed by atoms with Gasteiger partial charge in [0.1, 0.15) is 5.75 Å². The highest BCUT2D eigenvalue weighted by Crippen LogP contribution is 2.38. The molecule has 1 atom stereocenters. The average Bonchev–Trinajstić information content (AvgIpc) is 3.52. The monoisotopic (exact) mass is 701 g/mol. The van der Waals surface area contributed by atoms with Gasteiger partial charge in [0, 0.05) is 56.9 Å². The Morgan fingerprint density at radius 2 is 1.61 bits per heavy atom. The Morgan fingerprint density at radius 1 is 0.902 bits per heavy atom. The van der Waals surface area contributed by atoms with E-state index in [0.717, 1.165) is 81.2 Å². The number of carbonyl (C=O) groups is 1. The zero-order valence-corrected chi connectivity index (χ0v) is 31.2. The smallest absolute Gasteiger partial charge is 0.254 e. The Labute approximate surface area is 302 Å². The van der Waals surface area contributed by atoms with Crippen LogP contribution in [0.2, 0.25) is 0 Å². The predicted molar refractivity (Wildman–Crippen MR) is 202 cm³/mol. The lowest BCUT2D eigenvalue weighted by molar-refractivity contribution is 0.0748. The molecule has 0 spiro atoms. The zero-order chi connectivity index (χ0) is 36.2. The average molecular weight is 702 g/mol. The summed E-state index contributed by atoms with van der Waals surface area (Å²) in [5.74, 6) is 3.17. The van der Waals surface area contributed by atoms with Crippen LogP contribution in [0.25, 0.3) is 11.0 Å². The Hall–Kier alpha value is -4.48. The number of ether oxygens (including phenoxy) is 5. The molecule has 276 valence electrons. The standard InChI is InChI=1S/C40H55N5O6/c1-7-24-51-25-23-45-35-12-10-9-11-34(35)42-40(45)41-32-18-21-43(22-19-32)20-17-30(29-13-15-33(47-3)16-14-29)28-44(8-2)39(46)31-26-36(48-4)38(50-6)37(27-31)49-5/h9-16,26-27,30,32H,7-8,17-25,28H2,1-6H3,(H,41,42). The second-order valence-corrected chi connectivity index (χ2v) is 13.0. The molecule has 0 saturated carbocycles. The van der Waals surface area contributed by atoms with E-state index in [2.05, 4.69) is 52.0 Å². The molecular weight excluding hydrogens is 646 g/mol. The first-order chi connectivity index (χ1) is 24.9. The number of likely N-dealkylation sites (N-methyl/N-ethyl adjacent to an activating group) is 1. The Morgan fingerprint density at radius 3 is 2.24 bits per heavy atom. The number of methoxy groups -OCH3 is 4. The third kappa shape index (κ3) is 9.45. The number of aromatic nitrogens is 2. The normalized spacial score (nSPS) is 14.3. The zero-order valence-electron chi connectivity index (χ0n) is 31.2. The summed E-state index contributed by atoms with van der Waals surface area (Å²) in [4.78, 5) is 23.4. The van der Waals surface area contributed by atoms with Gasteiger partial charge in [0.2, 0.25) is 11.7 Å². The number of para-hydroxylation sites is 2. The topological polar surface area (TPSA) is 99.6 Å². The van der Waals surface area contributed by atoms with E-state index < -0.39 is 0 Å². The number of hydrogen-bond donors (Lipinski definition) is 1. The van der Waals surface area contributed by atoms with Gasteiger partial charge in [-0.2, -0.15) is 0 Å². The number of rotatable bonds is 19. The number of nitrogens with one attached hydrogen (secondary N) is 1. The van der Waals surface area contributed by atoms with Gasteiger partial charge >= 0.3 is 0 Å². The van der Waals surface area contributed by atoms with Gasteiger partial charge in [0.15, 0.2) is 11.5 Å². The largest absolute Gasteiger partial charge is 0.497 e. The van der Waals surface area contributed by atoms with Crippen molar-refractivity contribution in [3.05, 3.63) is 71.8 Å². The number of amides is 1. The van der Waals surface area contributed by atoms with Crippen LogP contribution in [0.4, 0.5) is 5.95 Å². The summed E-state index contributed by atoms with van der Waals surface area (Å²) in [7, 11) is 6.35. The number of piperidine rings is 1. The molecule has 1 aliphatic rings. The summed E-state index contributed by atoms with van der Waals surface area (Å²) >= 11 is 0. The maximum absolute atomic E-state index is 14.0. The molecule has 0 aliphatic carbocycles. The molecule has 1 saturated heterocycles. The van der Waals surface area contributed by atoms with Crippen molar-refractivity contribution in [2.24, 2.45) is 0 Å². The fourth-order valence-electron chi connectivity index (χ4n) is 6.88. The van der Waals surface area contributed by atoms with Crippen molar-refractivity contribution in [1.82, 2.24) is 19.4 Å². The van der Waals surface area contributed by atoms with Crippen LogP contribution in [-0.2, 0) is 11.3 Å². The highest BCUT2D eigenvalue weighted by atomic mass is 16.5. The third-order valence-electron chi connectivity index (χ3n) is 9.79. The van der Waals surface area contributed by atoms with Gasteiger partial charge in [-0.1, -0.05) is 31.2 Å². The highest BCUT2D eigenvalue weighted by Gasteiger charge is 2.26. The molecule has 1 amide bonds. The van der Waals surface area contributed by atoms with E-state index in [4.69, 9.17) is 28.7 Å². The lowest BCUT2D eigenvalue weighted by Gasteiger charge is -2.34. The van der Waals surface area contributed by atoms with Gasteiger partial charge < -0.3 is 43.4 Å². The summed E-state index contributed by atoms with van der Waals surface area (Å²) in [5.41, 5.74) is 3.82. The molecule has 1 aliphatic heterocycles. The minimum atomic E-state index is -0.0786. The first-order valence-electron chi connectivity index (χ1n) is 18.2. The first kappa shape index (κ1) is 37.8. The van der Waals surface area contributed by atoms with Crippen molar-refractivity contribution in [2.45, 2.75) is 58.0 Å². The molecule has 11 nitrogen and oxygen atoms in total. The minimum absolute atomic E-state index is 0.0786. The number of likely N-dealkylation sites (tertiary alicyclic amines) is 1. The van der Waals surface area contributed by atoms with Crippen LogP contribution in [0.5, 0.6) is 23.0 Å². The Bertz CT molecular complexity index is 1660. The summed E-state index contributed by atoms with van der Waals surface area (Å²) in [6.07, 6.45) is 3.99. The van der Waals surface area contributed by atoms with Gasteiger partial charge in [-0.05, 0) is 81.1 Å². The van der Waals surface area contributed by atoms with Gasteiger partial charge in [0.05, 0.1) is 46.1 Å². The third-order valence-corrected chi connectivity index (χ3v) is 9.79. The van der Waals surface area contributed by atoms with Gasteiger partial charge in [-0.15, -0.1) is 0 Å². The van der Waals surface area contributed by atoms with Crippen molar-refractivity contribution in [2.75, 3.05) is 79.7 Å². The fourth-order valence-corrected chi connectivity index (χ4v) is 6.88. The maximum atomic E-state index is 14.0. The maximum Gasteiger partial charge on any atom is 0.254 e. The SMILES string of the molecule is CCCOCCn1c(NC2CCN(CCC(CN(CC)C(=O)c3cc(OC)c(OC)c(OC)c3)c3ccc(OC)cc3)CC2)nc2ccccc21. The van der Waals surface area contributed by atoms with E-state index in [-0.39, 0.29) is 11.8 Å². The molecule has 2 heterocycles. The van der Waals surface area contributed by atoms with Crippen LogP contribution in [0.3, 0.4) is 0 Å². The molecule has 0 bridgehead atoms. The van der Waals surface area contributed by atoms with Crippen molar-refractivity contribution < 1.29 is 28.5 Å². The molecule has 5 rings (SSSR count). The first-order valence-corrected chi connectivity index (χ1v) is 18.2. The Kier molecular flexibility index (Phi) is 13.8. The second-order valence-electron chi connectivity index (χ2n) is 13.0. The van der Waals surface area contributed by atoms with E-state index in [1.54, 1.807) is 40.6 Å². The minimum Gasteiger partial charge on any atom is -0.497 e. The van der Waals surface area contributed by atoms with Crippen molar-refractivity contribution in [3.8, 4) is 23.0 Å². The van der Waals surface area contributed by atoms with Gasteiger partial charge in [-0.3, -0.25) is 4.79 Å². The van der Waals surface area contributed by atoms with Gasteiger partial charge in [-0.25, -0.2) is 4.98 Å². The summed E-state index contributed by atoms with van der Waals surface area (Å²) in [6.45, 7) is 10.4. The van der Waals surface area contributed by atoms with Crippen molar-refractivity contribution in [1.29, 1.82) is 0 Å². The fraction of sp³-hybridized carbons (Fsp3) is 0.500. The lowest BCUT2D eigenvalue weighted by Crippen LogP contribution is -2.41. The van der Waals surface area contributed by atoms with Crippen LogP contribution < -0.4 is 24.3 Å². The number of benzene rings is 3. The molecular formula is C40H55N5O6. The van der Waals surface area contributed by atoms with Crippen LogP contribution in [0.1, 0.15) is 61.4 Å². The number of anilines is 1. The number of nitrogens with zero attached hydrogens (tertiary/aromatic N) is 4. The van der Waals surface area contributed by atoms with Crippen LogP contribution >= 0.6 is 0 Å². The molecule has 4 aromatic rings.